The Morgan fingerprint density at radius 3 is 2.52 bits per heavy atom. The van der Waals surface area contributed by atoms with E-state index in [1.54, 1.807) is 12.1 Å². The van der Waals surface area contributed by atoms with E-state index in [-0.39, 0.29) is 16.4 Å². The minimum atomic E-state index is -1.35. The zero-order chi connectivity index (χ0) is 16.9. The van der Waals surface area contributed by atoms with Crippen LogP contribution in [0.15, 0.2) is 33.5 Å². The van der Waals surface area contributed by atoms with Gasteiger partial charge in [-0.15, -0.1) is 0 Å². The van der Waals surface area contributed by atoms with Crippen LogP contribution in [-0.2, 0) is 5.41 Å². The highest BCUT2D eigenvalue weighted by atomic mass is 16.4. The second kappa shape index (κ2) is 4.81. The smallest absolute Gasteiger partial charge is 0.371 e. The van der Waals surface area contributed by atoms with Crippen LogP contribution < -0.4 is 5.43 Å². The van der Waals surface area contributed by atoms with Crippen LogP contribution in [0.5, 0.6) is 5.88 Å². The summed E-state index contributed by atoms with van der Waals surface area (Å²) in [5.74, 6) is -2.29. The fraction of sp³-hybridized carbons (Fsp3) is 0.235. The molecule has 0 saturated carbocycles. The van der Waals surface area contributed by atoms with Crippen molar-refractivity contribution in [2.75, 3.05) is 0 Å². The molecule has 0 aliphatic carbocycles. The molecule has 0 amide bonds. The van der Waals surface area contributed by atoms with E-state index in [1.807, 2.05) is 26.8 Å². The van der Waals surface area contributed by atoms with E-state index in [4.69, 9.17) is 9.52 Å². The summed E-state index contributed by atoms with van der Waals surface area (Å²) in [4.78, 5) is 27.3. The zero-order valence-corrected chi connectivity index (χ0v) is 12.9. The average molecular weight is 313 g/mol. The Kier molecular flexibility index (Phi) is 3.14. The molecule has 0 aliphatic heterocycles. The summed E-state index contributed by atoms with van der Waals surface area (Å²) in [7, 11) is 0. The van der Waals surface area contributed by atoms with Gasteiger partial charge in [0, 0.05) is 11.5 Å². The van der Waals surface area contributed by atoms with Gasteiger partial charge >= 0.3 is 5.97 Å². The van der Waals surface area contributed by atoms with Crippen molar-refractivity contribution in [2.45, 2.75) is 26.2 Å². The predicted molar refractivity (Wildman–Crippen MR) is 85.1 cm³/mol. The maximum absolute atomic E-state index is 12.1. The van der Waals surface area contributed by atoms with E-state index < -0.39 is 23.0 Å². The van der Waals surface area contributed by atoms with E-state index in [9.17, 15) is 14.7 Å². The quantitative estimate of drug-likeness (QED) is 0.670. The highest BCUT2D eigenvalue weighted by Crippen LogP contribution is 2.32. The molecule has 1 aromatic carbocycles. The van der Waals surface area contributed by atoms with Gasteiger partial charge in [0.2, 0.25) is 11.6 Å². The number of fused-ring (bicyclic) bond motifs is 3. The maximum Gasteiger partial charge on any atom is 0.371 e. The molecule has 0 radical (unpaired) electrons. The van der Waals surface area contributed by atoms with E-state index in [1.165, 1.54) is 0 Å². The van der Waals surface area contributed by atoms with E-state index in [0.717, 1.165) is 11.6 Å². The number of aromatic hydroxyl groups is 1. The normalized spacial score (nSPS) is 12.0. The topological polar surface area (TPSA) is 101 Å². The van der Waals surface area contributed by atoms with E-state index in [2.05, 4.69) is 4.98 Å². The molecule has 3 rings (SSSR count). The Morgan fingerprint density at radius 1 is 1.22 bits per heavy atom. The third kappa shape index (κ3) is 2.42. The Morgan fingerprint density at radius 2 is 1.91 bits per heavy atom. The molecule has 0 aliphatic rings. The molecule has 23 heavy (non-hydrogen) atoms. The van der Waals surface area contributed by atoms with Crippen molar-refractivity contribution in [1.29, 1.82) is 0 Å². The van der Waals surface area contributed by atoms with E-state index in [0.29, 0.717) is 10.9 Å². The molecule has 0 fully saturated rings. The summed E-state index contributed by atoms with van der Waals surface area (Å²) in [6.07, 6.45) is 0. The van der Waals surface area contributed by atoms with E-state index >= 15 is 0 Å². The van der Waals surface area contributed by atoms with Crippen LogP contribution >= 0.6 is 0 Å². The molecule has 118 valence electrons. The molecule has 0 unspecified atom stereocenters. The SMILES string of the molecule is CC(C)(C)c1ccc2nc(O)c3c(=O)cc(C(=O)O)oc3c2c1. The Hall–Kier alpha value is -2.89. The van der Waals surface area contributed by atoms with Gasteiger partial charge < -0.3 is 14.6 Å². The largest absolute Gasteiger partial charge is 0.493 e. The molecule has 6 nitrogen and oxygen atoms in total. The van der Waals surface area contributed by atoms with Crippen LogP contribution in [0.2, 0.25) is 0 Å². The van der Waals surface area contributed by atoms with Crippen molar-refractivity contribution >= 4 is 27.8 Å². The number of pyridine rings is 1. The van der Waals surface area contributed by atoms with Crippen molar-refractivity contribution in [3.8, 4) is 5.88 Å². The van der Waals surface area contributed by atoms with Crippen molar-refractivity contribution in [3.63, 3.8) is 0 Å². The number of carbonyl (C=O) groups is 1. The van der Waals surface area contributed by atoms with Gasteiger partial charge in [-0.1, -0.05) is 26.8 Å². The first-order valence-electron chi connectivity index (χ1n) is 7.03. The number of nitrogens with zero attached hydrogens (tertiary/aromatic N) is 1. The summed E-state index contributed by atoms with van der Waals surface area (Å²) in [6.45, 7) is 6.09. The van der Waals surface area contributed by atoms with Gasteiger partial charge in [0.25, 0.3) is 0 Å². The van der Waals surface area contributed by atoms with Crippen molar-refractivity contribution in [2.24, 2.45) is 0 Å². The molecule has 3 aromatic rings. The van der Waals surface area contributed by atoms with Gasteiger partial charge in [-0.05, 0) is 23.1 Å². The molecule has 6 heteroatoms. The molecular formula is C17H15NO5. The lowest BCUT2D eigenvalue weighted by Crippen LogP contribution is -2.11. The number of carboxylic acid groups (broad SMARTS) is 1. The summed E-state index contributed by atoms with van der Waals surface area (Å²) in [6, 6.07) is 6.23. The van der Waals surface area contributed by atoms with Crippen molar-refractivity contribution in [3.05, 3.63) is 45.8 Å². The van der Waals surface area contributed by atoms with Gasteiger partial charge in [-0.25, -0.2) is 9.78 Å². The average Bonchev–Trinajstić information content (AvgIpc) is 2.45. The summed E-state index contributed by atoms with van der Waals surface area (Å²) >= 11 is 0. The molecule has 2 heterocycles. The molecular weight excluding hydrogens is 298 g/mol. The number of hydrogen-bond donors (Lipinski definition) is 2. The Balaban J connectivity index is 2.52. The molecule has 0 bridgehead atoms. The van der Waals surface area contributed by atoms with Gasteiger partial charge in [-0.3, -0.25) is 4.79 Å². The fourth-order valence-corrected chi connectivity index (χ4v) is 2.45. The summed E-state index contributed by atoms with van der Waals surface area (Å²) in [5.41, 5.74) is 0.638. The Labute approximate surface area is 131 Å². The van der Waals surface area contributed by atoms with Crippen LogP contribution in [0.4, 0.5) is 0 Å². The first-order valence-corrected chi connectivity index (χ1v) is 7.03. The lowest BCUT2D eigenvalue weighted by molar-refractivity contribution is 0.0663. The second-order valence-electron chi connectivity index (χ2n) is 6.40. The van der Waals surface area contributed by atoms with Crippen LogP contribution in [0.1, 0.15) is 36.9 Å². The zero-order valence-electron chi connectivity index (χ0n) is 12.9. The number of hydrogen-bond acceptors (Lipinski definition) is 5. The van der Waals surface area contributed by atoms with Gasteiger partial charge in [0.05, 0.1) is 5.52 Å². The van der Waals surface area contributed by atoms with Gasteiger partial charge in [0.1, 0.15) is 5.39 Å². The number of aromatic carboxylic acids is 1. The monoisotopic (exact) mass is 313 g/mol. The minimum absolute atomic E-state index is 0.0310. The fourth-order valence-electron chi connectivity index (χ4n) is 2.45. The number of carboxylic acids is 1. The van der Waals surface area contributed by atoms with Crippen LogP contribution in [0, 0.1) is 0 Å². The molecule has 0 saturated heterocycles. The summed E-state index contributed by atoms with van der Waals surface area (Å²) in [5, 5.41) is 19.4. The van der Waals surface area contributed by atoms with Crippen LogP contribution in [0.25, 0.3) is 21.9 Å². The Bertz CT molecular complexity index is 1010. The highest BCUT2D eigenvalue weighted by molar-refractivity contribution is 6.05. The molecule has 0 spiro atoms. The summed E-state index contributed by atoms with van der Waals surface area (Å²) < 4.78 is 5.37. The van der Waals surface area contributed by atoms with Crippen LogP contribution in [0.3, 0.4) is 0 Å². The first kappa shape index (κ1) is 15.0. The maximum atomic E-state index is 12.1. The molecule has 2 N–H and O–H groups in total. The predicted octanol–water partition coefficient (Wildman–Crippen LogP) is 3.04. The molecule has 0 atom stereocenters. The van der Waals surface area contributed by atoms with Crippen LogP contribution in [-0.4, -0.2) is 21.2 Å². The standard InChI is InChI=1S/C17H15NO5/c1-17(2,3)8-4-5-10-9(6-8)14-13(15(20)18-10)11(19)7-12(23-14)16(21)22/h4-7H,1-3H3,(H,18,20)(H,21,22). The second-order valence-corrected chi connectivity index (χ2v) is 6.40. The molecule has 2 aromatic heterocycles. The number of aromatic nitrogens is 1. The third-order valence-corrected chi connectivity index (χ3v) is 3.72. The van der Waals surface area contributed by atoms with Crippen molar-refractivity contribution in [1.82, 2.24) is 4.98 Å². The lowest BCUT2D eigenvalue weighted by atomic mass is 9.86. The lowest BCUT2D eigenvalue weighted by Gasteiger charge is -2.19. The number of benzene rings is 1. The number of rotatable bonds is 1. The first-order chi connectivity index (χ1) is 10.7. The third-order valence-electron chi connectivity index (χ3n) is 3.72. The minimum Gasteiger partial charge on any atom is -0.493 e. The van der Waals surface area contributed by atoms with Gasteiger partial charge in [0.15, 0.2) is 11.0 Å². The highest BCUT2D eigenvalue weighted by Gasteiger charge is 2.20. The van der Waals surface area contributed by atoms with Gasteiger partial charge in [-0.2, -0.15) is 0 Å². The van der Waals surface area contributed by atoms with Crippen molar-refractivity contribution < 1.29 is 19.4 Å².